The van der Waals surface area contributed by atoms with Crippen LogP contribution in [0.3, 0.4) is 0 Å². The summed E-state index contributed by atoms with van der Waals surface area (Å²) in [5.41, 5.74) is 0. The highest BCUT2D eigenvalue weighted by molar-refractivity contribution is 7.61. The molecule has 4 N–H and O–H groups in total. The van der Waals surface area contributed by atoms with E-state index in [2.05, 4.69) is 0 Å². The van der Waals surface area contributed by atoms with Gasteiger partial charge in [0.15, 0.2) is 0 Å². The van der Waals surface area contributed by atoms with Crippen LogP contribution >= 0.6 is 14.7 Å². The molecule has 8 heteroatoms. The van der Waals surface area contributed by atoms with Crippen LogP contribution in [0.4, 0.5) is 0 Å². The minimum absolute atomic E-state index is 0.115. The van der Waals surface area contributed by atoms with E-state index in [1.807, 2.05) is 6.92 Å². The van der Waals surface area contributed by atoms with Crippen molar-refractivity contribution in [2.45, 2.75) is 123 Å². The van der Waals surface area contributed by atoms with E-state index in [0.29, 0.717) is 6.42 Å². The van der Waals surface area contributed by atoms with E-state index in [0.717, 1.165) is 0 Å². The van der Waals surface area contributed by atoms with Crippen LogP contribution in [0.15, 0.2) is 0 Å². The molecular formula is C20H48O6P2. The molecule has 0 aliphatic heterocycles. The predicted molar refractivity (Wildman–Crippen MR) is 122 cm³/mol. The van der Waals surface area contributed by atoms with Crippen LogP contribution in [0, 0.1) is 0 Å². The molecule has 0 aromatic carbocycles. The Morgan fingerprint density at radius 2 is 0.821 bits per heavy atom. The molecular weight excluding hydrogens is 398 g/mol. The zero-order valence-corrected chi connectivity index (χ0v) is 22.3. The van der Waals surface area contributed by atoms with Crippen molar-refractivity contribution in [3.8, 4) is 0 Å². The maximum atomic E-state index is 11.8. The van der Waals surface area contributed by atoms with Gasteiger partial charge in [0.2, 0.25) is 14.7 Å². The summed E-state index contributed by atoms with van der Waals surface area (Å²) in [4.78, 5) is 19.5. The summed E-state index contributed by atoms with van der Waals surface area (Å²) in [6.45, 7) is 23.4. The largest absolute Gasteiger partial charge is 0.394 e. The third-order valence-electron chi connectivity index (χ3n) is 4.32. The van der Waals surface area contributed by atoms with Crippen molar-refractivity contribution in [1.82, 2.24) is 0 Å². The SMILES string of the molecule is CC(C)(C)P(=O)(O)C(C)(C)C.CC(C)(C)P(=O)(O)C(C)(C)C.CCC(O)CO. The third kappa shape index (κ3) is 10.4. The number of aliphatic hydroxyl groups excluding tert-OH is 2. The Morgan fingerprint density at radius 3 is 0.821 bits per heavy atom. The summed E-state index contributed by atoms with van der Waals surface area (Å²) in [6, 6.07) is 0. The zero-order chi connectivity index (χ0) is 24.0. The van der Waals surface area contributed by atoms with E-state index >= 15 is 0 Å². The van der Waals surface area contributed by atoms with Gasteiger partial charge in [-0.15, -0.1) is 0 Å². The topological polar surface area (TPSA) is 115 Å². The van der Waals surface area contributed by atoms with Crippen LogP contribution in [0.2, 0.25) is 0 Å². The summed E-state index contributed by atoms with van der Waals surface area (Å²) >= 11 is 0. The van der Waals surface area contributed by atoms with Gasteiger partial charge in [-0.05, 0) is 6.42 Å². The molecule has 0 aliphatic rings. The smallest absolute Gasteiger partial charge is 0.210 e. The zero-order valence-electron chi connectivity index (χ0n) is 20.5. The van der Waals surface area contributed by atoms with Gasteiger partial charge >= 0.3 is 0 Å². The first-order chi connectivity index (χ1) is 11.8. The molecule has 6 nitrogen and oxygen atoms in total. The van der Waals surface area contributed by atoms with Crippen molar-refractivity contribution in [2.24, 2.45) is 0 Å². The van der Waals surface area contributed by atoms with E-state index in [1.54, 1.807) is 83.1 Å². The molecule has 0 aliphatic carbocycles. The maximum absolute atomic E-state index is 11.8. The van der Waals surface area contributed by atoms with Crippen molar-refractivity contribution in [3.63, 3.8) is 0 Å². The Bertz CT molecular complexity index is 447. The Morgan fingerprint density at radius 1 is 0.643 bits per heavy atom. The summed E-state index contributed by atoms with van der Waals surface area (Å²) in [5, 5.41) is 14.5. The molecule has 174 valence electrons. The van der Waals surface area contributed by atoms with Crippen molar-refractivity contribution in [1.29, 1.82) is 0 Å². The van der Waals surface area contributed by atoms with Crippen molar-refractivity contribution >= 4 is 14.7 Å². The number of hydrogen-bond donors (Lipinski definition) is 4. The first-order valence-electron chi connectivity index (χ1n) is 9.76. The lowest BCUT2D eigenvalue weighted by Gasteiger charge is -2.35. The van der Waals surface area contributed by atoms with Crippen molar-refractivity contribution in [2.75, 3.05) is 6.61 Å². The van der Waals surface area contributed by atoms with Gasteiger partial charge in [0.1, 0.15) is 0 Å². The molecule has 0 amide bonds. The molecule has 28 heavy (non-hydrogen) atoms. The second-order valence-electron chi connectivity index (χ2n) is 11.1. The molecule has 0 aromatic heterocycles. The predicted octanol–water partition coefficient (Wildman–Crippen LogP) is 5.46. The van der Waals surface area contributed by atoms with E-state index in [1.165, 1.54) is 0 Å². The van der Waals surface area contributed by atoms with Crippen molar-refractivity contribution < 1.29 is 29.1 Å². The van der Waals surface area contributed by atoms with Gasteiger partial charge in [-0.25, -0.2) is 0 Å². The van der Waals surface area contributed by atoms with Gasteiger partial charge in [-0.3, -0.25) is 9.13 Å². The average Bonchev–Trinajstić information content (AvgIpc) is 2.43. The Hall–Kier alpha value is 0.300. The fourth-order valence-corrected chi connectivity index (χ4v) is 6.17. The number of rotatable bonds is 2. The normalized spacial score (nSPS) is 15.0. The highest BCUT2D eigenvalue weighted by Gasteiger charge is 2.45. The van der Waals surface area contributed by atoms with Crippen molar-refractivity contribution in [3.05, 3.63) is 0 Å². The molecule has 0 aromatic rings. The van der Waals surface area contributed by atoms with E-state index < -0.39 is 41.5 Å². The minimum Gasteiger partial charge on any atom is -0.394 e. The Labute approximate surface area is 174 Å². The number of hydrogen-bond acceptors (Lipinski definition) is 4. The maximum Gasteiger partial charge on any atom is 0.210 e. The Balaban J connectivity index is -0.000000351. The van der Waals surface area contributed by atoms with Crippen LogP contribution in [-0.2, 0) is 9.13 Å². The first kappa shape index (κ1) is 33.0. The quantitative estimate of drug-likeness (QED) is 0.419. The summed E-state index contributed by atoms with van der Waals surface area (Å²) < 4.78 is 23.6. The highest BCUT2D eigenvalue weighted by atomic mass is 31.2. The van der Waals surface area contributed by atoms with Gasteiger partial charge in [-0.1, -0.05) is 90.0 Å². The molecule has 0 radical (unpaired) electrons. The van der Waals surface area contributed by atoms with Gasteiger partial charge in [0.05, 0.1) is 12.7 Å². The fraction of sp³-hybridized carbons (Fsp3) is 1.00. The molecule has 0 rings (SSSR count). The van der Waals surface area contributed by atoms with Gasteiger partial charge in [-0.2, -0.15) is 0 Å². The van der Waals surface area contributed by atoms with Gasteiger partial charge in [0, 0.05) is 20.6 Å². The van der Waals surface area contributed by atoms with Gasteiger partial charge < -0.3 is 20.0 Å². The summed E-state index contributed by atoms with van der Waals surface area (Å²) in [6.07, 6.45) is 0.126. The molecule has 0 spiro atoms. The molecule has 1 atom stereocenters. The first-order valence-corrected chi connectivity index (χ1v) is 13.1. The lowest BCUT2D eigenvalue weighted by atomic mass is 10.2. The van der Waals surface area contributed by atoms with E-state index in [9.17, 15) is 18.9 Å². The standard InChI is InChI=1S/2C8H19O2P.C4H10O2/c2*1-7(2,3)11(9,10)8(4,5)6;1-2-4(6)3-5/h2*1-6H3,(H,9,10);4-6H,2-3H2,1H3. The second-order valence-corrected chi connectivity index (χ2v) is 18.8. The highest BCUT2D eigenvalue weighted by Crippen LogP contribution is 2.64. The lowest BCUT2D eigenvalue weighted by Crippen LogP contribution is -2.28. The molecule has 0 saturated carbocycles. The van der Waals surface area contributed by atoms with E-state index in [4.69, 9.17) is 10.2 Å². The fourth-order valence-electron chi connectivity index (χ4n) is 2.14. The molecule has 0 saturated heterocycles. The molecule has 0 heterocycles. The average molecular weight is 447 g/mol. The number of aliphatic hydroxyl groups is 2. The second kappa shape index (κ2) is 11.1. The van der Waals surface area contributed by atoms with Crippen LogP contribution in [0.25, 0.3) is 0 Å². The van der Waals surface area contributed by atoms with Gasteiger partial charge in [0.25, 0.3) is 0 Å². The van der Waals surface area contributed by atoms with E-state index in [-0.39, 0.29) is 6.61 Å². The van der Waals surface area contributed by atoms with Crippen LogP contribution in [0.5, 0.6) is 0 Å². The lowest BCUT2D eigenvalue weighted by molar-refractivity contribution is 0.0923. The third-order valence-corrected chi connectivity index (χ3v) is 11.6. The molecule has 1 unspecified atom stereocenters. The van der Waals surface area contributed by atoms with Crippen LogP contribution in [-0.4, -0.2) is 53.3 Å². The monoisotopic (exact) mass is 446 g/mol. The van der Waals surface area contributed by atoms with Crippen LogP contribution < -0.4 is 0 Å². The minimum atomic E-state index is -3.06. The molecule has 0 fully saturated rings. The Kier molecular flexibility index (Phi) is 13.0. The summed E-state index contributed by atoms with van der Waals surface area (Å²) in [7, 11) is -6.12. The summed E-state index contributed by atoms with van der Waals surface area (Å²) in [5.74, 6) is 0. The van der Waals surface area contributed by atoms with Crippen LogP contribution in [0.1, 0.15) is 96.4 Å². The molecule has 0 bridgehead atoms.